The van der Waals surface area contributed by atoms with Crippen LogP contribution in [0.15, 0.2) is 66.6 Å². The minimum absolute atomic E-state index is 0. The van der Waals surface area contributed by atoms with Gasteiger partial charge in [-0.2, -0.15) is 5.26 Å². The zero-order valence-electron chi connectivity index (χ0n) is 29.5. The number of nitrogens with zero attached hydrogens (tertiary/aromatic N) is 3. The third-order valence-electron chi connectivity index (χ3n) is 9.62. The molecule has 4 aromatic rings. The molecule has 2 fully saturated rings. The quantitative estimate of drug-likeness (QED) is 0.119. The van der Waals surface area contributed by atoms with Crippen LogP contribution in [0.3, 0.4) is 0 Å². The van der Waals surface area contributed by atoms with Gasteiger partial charge in [-0.25, -0.2) is 0 Å². The zero-order chi connectivity index (χ0) is 34.2. The molecule has 1 heterocycles. The van der Waals surface area contributed by atoms with Crippen molar-refractivity contribution in [3.8, 4) is 39.8 Å². The summed E-state index contributed by atoms with van der Waals surface area (Å²) >= 11 is 0. The standard InChI is InChI=1S/C28H24N3.C15H24O2.Ir/c1-17-8-18(2)11-23(10-17)27-28(24-12-19(3)9-20(4)13-24)31-26(16-30-27)25-7-6-22(15-29)14-21(25)5;16-14(12-7-3-1-4-8-12)11-15(17)13-9-5-2-6-10-13;/h6-10,12-14,16H,1-5H3;11-13,16H,1-10H2;/q-1;;/b;14-11-;. The molecule has 1 radical (unpaired) electrons. The van der Waals surface area contributed by atoms with Gasteiger partial charge in [0, 0.05) is 55.5 Å². The van der Waals surface area contributed by atoms with Crippen LogP contribution in [0.2, 0.25) is 0 Å². The minimum atomic E-state index is 0. The molecular weight excluding hydrogens is 783 g/mol. The number of carbonyl (C=O) groups excluding carboxylic acids is 1. The second kappa shape index (κ2) is 17.7. The smallest absolute Gasteiger partial charge is 0.162 e. The van der Waals surface area contributed by atoms with E-state index in [1.54, 1.807) is 6.08 Å². The van der Waals surface area contributed by atoms with Crippen LogP contribution >= 0.6 is 0 Å². The maximum Gasteiger partial charge on any atom is 0.162 e. The molecule has 2 aliphatic rings. The van der Waals surface area contributed by atoms with Gasteiger partial charge in [-0.3, -0.25) is 9.78 Å². The summed E-state index contributed by atoms with van der Waals surface area (Å²) in [6.07, 6.45) is 14.8. The Hall–Kier alpha value is -3.91. The largest absolute Gasteiger partial charge is 0.512 e. The van der Waals surface area contributed by atoms with E-state index in [4.69, 9.17) is 9.97 Å². The Morgan fingerprint density at radius 2 is 1.43 bits per heavy atom. The van der Waals surface area contributed by atoms with Gasteiger partial charge in [-0.15, -0.1) is 34.9 Å². The first kappa shape index (κ1) is 37.9. The van der Waals surface area contributed by atoms with Gasteiger partial charge in [0.15, 0.2) is 5.78 Å². The van der Waals surface area contributed by atoms with Crippen molar-refractivity contribution in [2.75, 3.05) is 0 Å². The van der Waals surface area contributed by atoms with Crippen LogP contribution in [0.1, 0.15) is 97.6 Å². The molecule has 0 unspecified atom stereocenters. The van der Waals surface area contributed by atoms with Gasteiger partial charge in [0.25, 0.3) is 0 Å². The van der Waals surface area contributed by atoms with Crippen LogP contribution < -0.4 is 0 Å². The summed E-state index contributed by atoms with van der Waals surface area (Å²) in [5.41, 5.74) is 11.7. The number of benzene rings is 3. The average molecular weight is 831 g/mol. The van der Waals surface area contributed by atoms with Crippen LogP contribution in [0.25, 0.3) is 33.8 Å². The van der Waals surface area contributed by atoms with Gasteiger partial charge in [0.2, 0.25) is 0 Å². The molecule has 0 spiro atoms. The van der Waals surface area contributed by atoms with Gasteiger partial charge in [-0.05, 0) is 69.7 Å². The Bertz CT molecular complexity index is 1800. The topological polar surface area (TPSA) is 86.9 Å². The maximum atomic E-state index is 12.0. The Morgan fingerprint density at radius 3 is 2.02 bits per heavy atom. The third kappa shape index (κ3) is 10.1. The average Bonchev–Trinajstić information content (AvgIpc) is 3.08. The van der Waals surface area contributed by atoms with Crippen LogP contribution in [-0.2, 0) is 24.9 Å². The number of hydrogen-bond donors (Lipinski definition) is 1. The summed E-state index contributed by atoms with van der Waals surface area (Å²) in [7, 11) is 0. The van der Waals surface area contributed by atoms with E-state index in [0.29, 0.717) is 11.3 Å². The van der Waals surface area contributed by atoms with Crippen molar-refractivity contribution in [3.63, 3.8) is 0 Å². The normalized spacial score (nSPS) is 15.4. The van der Waals surface area contributed by atoms with Crippen LogP contribution in [0.5, 0.6) is 0 Å². The third-order valence-corrected chi connectivity index (χ3v) is 9.62. The number of hydrogen-bond acceptors (Lipinski definition) is 5. The van der Waals surface area contributed by atoms with E-state index in [1.807, 2.05) is 31.3 Å². The fraction of sp³-hybridized carbons (Fsp3) is 0.395. The molecule has 49 heavy (non-hydrogen) atoms. The molecule has 0 saturated heterocycles. The molecule has 0 atom stereocenters. The molecule has 5 nitrogen and oxygen atoms in total. The number of rotatable bonds is 6. The molecule has 1 N–H and O–H groups in total. The summed E-state index contributed by atoms with van der Waals surface area (Å²) in [6.45, 7) is 10.3. The van der Waals surface area contributed by atoms with Gasteiger partial charge >= 0.3 is 0 Å². The molecule has 6 heteroatoms. The molecular formula is C43H48IrN3O2-. The van der Waals surface area contributed by atoms with Crippen molar-refractivity contribution in [3.05, 3.63) is 106 Å². The molecule has 3 aromatic carbocycles. The van der Waals surface area contributed by atoms with Crippen LogP contribution in [0, 0.1) is 63.9 Å². The number of nitriles is 1. The molecule has 2 saturated carbocycles. The Morgan fingerprint density at radius 1 is 0.816 bits per heavy atom. The summed E-state index contributed by atoms with van der Waals surface area (Å²) in [6, 6.07) is 22.0. The van der Waals surface area contributed by atoms with E-state index in [1.165, 1.54) is 55.2 Å². The molecule has 0 aliphatic heterocycles. The maximum absolute atomic E-state index is 12.0. The van der Waals surface area contributed by atoms with Crippen molar-refractivity contribution in [2.24, 2.45) is 11.8 Å². The number of carbonyl (C=O) groups is 1. The number of aryl methyl sites for hydroxylation is 5. The fourth-order valence-corrected chi connectivity index (χ4v) is 7.24. The number of aromatic nitrogens is 2. The van der Waals surface area contributed by atoms with Gasteiger partial charge in [-0.1, -0.05) is 87.8 Å². The zero-order valence-corrected chi connectivity index (χ0v) is 31.9. The Labute approximate surface area is 306 Å². The number of aliphatic hydroxyl groups excluding tert-OH is 1. The first-order valence-corrected chi connectivity index (χ1v) is 17.5. The van der Waals surface area contributed by atoms with Crippen LogP contribution in [-0.4, -0.2) is 20.9 Å². The van der Waals surface area contributed by atoms with E-state index in [0.717, 1.165) is 70.6 Å². The van der Waals surface area contributed by atoms with Crippen molar-refractivity contribution in [2.45, 2.75) is 98.8 Å². The SMILES string of the molecule is Cc1[c-]c(-c2ncc(-c3ccc(C#N)cc3C)nc2-c2cc(C)cc(C)c2)cc(C)c1.O=C(/C=C(\O)C1CCCCC1)C1CCCCC1.[Ir]. The number of aliphatic hydroxyl groups is 1. The van der Waals surface area contributed by atoms with E-state index in [2.05, 4.69) is 70.2 Å². The Balaban J connectivity index is 0.000000255. The predicted octanol–water partition coefficient (Wildman–Crippen LogP) is 10.8. The van der Waals surface area contributed by atoms with E-state index >= 15 is 0 Å². The second-order valence-electron chi connectivity index (χ2n) is 13.9. The molecule has 0 amide bonds. The summed E-state index contributed by atoms with van der Waals surface area (Å²) < 4.78 is 0. The Kier molecular flexibility index (Phi) is 13.7. The first-order valence-electron chi connectivity index (χ1n) is 17.5. The van der Waals surface area contributed by atoms with Gasteiger partial charge in [0.05, 0.1) is 28.8 Å². The molecule has 257 valence electrons. The van der Waals surface area contributed by atoms with Crippen molar-refractivity contribution < 1.29 is 30.0 Å². The fourth-order valence-electron chi connectivity index (χ4n) is 7.24. The van der Waals surface area contributed by atoms with Crippen molar-refractivity contribution >= 4 is 5.78 Å². The predicted molar refractivity (Wildman–Crippen MR) is 194 cm³/mol. The molecule has 0 bridgehead atoms. The second-order valence-corrected chi connectivity index (χ2v) is 13.9. The minimum Gasteiger partial charge on any atom is -0.512 e. The van der Waals surface area contributed by atoms with Gasteiger partial charge in [0.1, 0.15) is 0 Å². The molecule has 6 rings (SSSR count). The monoisotopic (exact) mass is 831 g/mol. The van der Waals surface area contributed by atoms with Gasteiger partial charge < -0.3 is 10.1 Å². The first-order chi connectivity index (χ1) is 23.1. The molecule has 2 aliphatic carbocycles. The summed E-state index contributed by atoms with van der Waals surface area (Å²) in [4.78, 5) is 22.0. The molecule has 1 aromatic heterocycles. The van der Waals surface area contributed by atoms with E-state index < -0.39 is 0 Å². The number of ketones is 1. The van der Waals surface area contributed by atoms with E-state index in [9.17, 15) is 15.2 Å². The van der Waals surface area contributed by atoms with Crippen molar-refractivity contribution in [1.29, 1.82) is 5.26 Å². The summed E-state index contributed by atoms with van der Waals surface area (Å²) in [5.74, 6) is 0.985. The van der Waals surface area contributed by atoms with Crippen molar-refractivity contribution in [1.82, 2.24) is 9.97 Å². The van der Waals surface area contributed by atoms with E-state index in [-0.39, 0.29) is 37.7 Å². The number of allylic oxidation sites excluding steroid dienone is 2. The summed E-state index contributed by atoms with van der Waals surface area (Å²) in [5, 5.41) is 19.2. The van der Waals surface area contributed by atoms with Crippen LogP contribution in [0.4, 0.5) is 0 Å².